The average Bonchev–Trinajstić information content (AvgIpc) is 2.62. The first-order chi connectivity index (χ1) is 11.6. The lowest BCUT2D eigenvalue weighted by Crippen LogP contribution is -2.44. The van der Waals surface area contributed by atoms with Crippen LogP contribution in [-0.2, 0) is 19.7 Å². The van der Waals surface area contributed by atoms with Crippen molar-refractivity contribution in [2.45, 2.75) is 77.0 Å². The Morgan fingerprint density at radius 3 is 2.04 bits per heavy atom. The van der Waals surface area contributed by atoms with Crippen LogP contribution in [0.15, 0.2) is 30.3 Å². The maximum absolute atomic E-state index is 12.9. The van der Waals surface area contributed by atoms with Crippen LogP contribution in [0.4, 0.5) is 0 Å². The molecule has 0 fully saturated rings. The van der Waals surface area contributed by atoms with Crippen LogP contribution in [0.5, 0.6) is 0 Å². The lowest BCUT2D eigenvalue weighted by Gasteiger charge is -2.29. The van der Waals surface area contributed by atoms with E-state index in [1.54, 1.807) is 0 Å². The Morgan fingerprint density at radius 2 is 1.50 bits per heavy atom. The summed E-state index contributed by atoms with van der Waals surface area (Å²) >= 11 is 0. The van der Waals surface area contributed by atoms with Crippen molar-refractivity contribution in [1.29, 1.82) is 0 Å². The molecule has 0 aliphatic heterocycles. The van der Waals surface area contributed by atoms with Crippen molar-refractivity contribution < 1.29 is 14.3 Å². The smallest absolute Gasteiger partial charge is 0.323 e. The van der Waals surface area contributed by atoms with Gasteiger partial charge in [0.25, 0.3) is 0 Å². The van der Waals surface area contributed by atoms with Gasteiger partial charge in [-0.05, 0) is 18.4 Å². The highest BCUT2D eigenvalue weighted by Crippen LogP contribution is 2.32. The number of ether oxygens (including phenoxy) is 1. The predicted molar refractivity (Wildman–Crippen MR) is 98.0 cm³/mol. The fraction of sp³-hybridized carbons (Fsp3) is 0.619. The predicted octanol–water partition coefficient (Wildman–Crippen LogP) is 5.22. The fourth-order valence-corrected chi connectivity index (χ4v) is 3.29. The van der Waals surface area contributed by atoms with Crippen molar-refractivity contribution in [3.05, 3.63) is 35.9 Å². The molecular weight excluding hydrogens is 300 g/mol. The number of rotatable bonds is 12. The minimum Gasteiger partial charge on any atom is -0.468 e. The molecule has 3 heteroatoms. The molecule has 0 heterocycles. The average molecular weight is 332 g/mol. The van der Waals surface area contributed by atoms with Gasteiger partial charge in [-0.1, -0.05) is 82.7 Å². The van der Waals surface area contributed by atoms with E-state index >= 15 is 0 Å². The molecule has 0 aromatic heterocycles. The molecule has 1 rings (SSSR count). The molecule has 0 saturated heterocycles. The molecule has 0 aliphatic carbocycles. The van der Waals surface area contributed by atoms with Gasteiger partial charge >= 0.3 is 5.97 Å². The van der Waals surface area contributed by atoms with Gasteiger partial charge in [-0.15, -0.1) is 0 Å². The summed E-state index contributed by atoms with van der Waals surface area (Å²) in [6, 6.07) is 9.32. The molecule has 0 saturated carbocycles. The minimum atomic E-state index is -1.15. The molecule has 24 heavy (non-hydrogen) atoms. The SMILES string of the molecule is CCCCCCCCCC(=O)C(CC)(C(=O)OC)c1ccccc1. The van der Waals surface area contributed by atoms with Gasteiger partial charge in [0.05, 0.1) is 7.11 Å². The van der Waals surface area contributed by atoms with Crippen molar-refractivity contribution in [2.24, 2.45) is 0 Å². The molecule has 134 valence electrons. The van der Waals surface area contributed by atoms with E-state index in [0.29, 0.717) is 12.8 Å². The normalized spacial score (nSPS) is 13.3. The van der Waals surface area contributed by atoms with Crippen molar-refractivity contribution in [1.82, 2.24) is 0 Å². The zero-order chi connectivity index (χ0) is 17.8. The van der Waals surface area contributed by atoms with E-state index in [1.807, 2.05) is 37.3 Å². The van der Waals surface area contributed by atoms with E-state index in [4.69, 9.17) is 4.74 Å². The van der Waals surface area contributed by atoms with Gasteiger partial charge in [-0.25, -0.2) is 0 Å². The third-order valence-electron chi connectivity index (χ3n) is 4.81. The first-order valence-corrected chi connectivity index (χ1v) is 9.30. The Labute approximate surface area is 146 Å². The summed E-state index contributed by atoms with van der Waals surface area (Å²) in [7, 11) is 1.36. The van der Waals surface area contributed by atoms with E-state index in [0.717, 1.165) is 24.8 Å². The molecule has 0 spiro atoms. The summed E-state index contributed by atoms with van der Waals surface area (Å²) < 4.78 is 4.99. The number of ketones is 1. The Morgan fingerprint density at radius 1 is 0.917 bits per heavy atom. The second kappa shape index (κ2) is 11.0. The third-order valence-corrected chi connectivity index (χ3v) is 4.81. The summed E-state index contributed by atoms with van der Waals surface area (Å²) in [4.78, 5) is 25.4. The zero-order valence-corrected chi connectivity index (χ0v) is 15.5. The van der Waals surface area contributed by atoms with Crippen LogP contribution >= 0.6 is 0 Å². The number of unbranched alkanes of at least 4 members (excludes halogenated alkanes) is 6. The zero-order valence-electron chi connectivity index (χ0n) is 15.5. The number of carbonyl (C=O) groups is 2. The quantitative estimate of drug-likeness (QED) is 0.299. The van der Waals surface area contributed by atoms with Crippen LogP contribution in [0.3, 0.4) is 0 Å². The molecule has 1 aromatic rings. The maximum atomic E-state index is 12.9. The Bertz CT molecular complexity index is 495. The largest absolute Gasteiger partial charge is 0.468 e. The Balaban J connectivity index is 2.71. The van der Waals surface area contributed by atoms with Gasteiger partial charge in [-0.3, -0.25) is 9.59 Å². The van der Waals surface area contributed by atoms with Gasteiger partial charge in [0.15, 0.2) is 11.2 Å². The topological polar surface area (TPSA) is 43.4 Å². The van der Waals surface area contributed by atoms with Crippen molar-refractivity contribution in [2.75, 3.05) is 7.11 Å². The van der Waals surface area contributed by atoms with E-state index in [9.17, 15) is 9.59 Å². The highest BCUT2D eigenvalue weighted by Gasteiger charge is 2.46. The van der Waals surface area contributed by atoms with Gasteiger partial charge in [0, 0.05) is 6.42 Å². The number of carbonyl (C=O) groups excluding carboxylic acids is 2. The Hall–Kier alpha value is -1.64. The number of benzene rings is 1. The van der Waals surface area contributed by atoms with Crippen LogP contribution in [0.25, 0.3) is 0 Å². The highest BCUT2D eigenvalue weighted by atomic mass is 16.5. The van der Waals surface area contributed by atoms with Crippen molar-refractivity contribution in [3.8, 4) is 0 Å². The molecular formula is C21H32O3. The lowest BCUT2D eigenvalue weighted by molar-refractivity contribution is -0.152. The minimum absolute atomic E-state index is 0.0170. The summed E-state index contributed by atoms with van der Waals surface area (Å²) in [5, 5.41) is 0. The van der Waals surface area contributed by atoms with Crippen LogP contribution in [0.2, 0.25) is 0 Å². The van der Waals surface area contributed by atoms with Crippen molar-refractivity contribution >= 4 is 11.8 Å². The molecule has 1 atom stereocenters. The molecule has 0 bridgehead atoms. The second-order valence-electron chi connectivity index (χ2n) is 6.41. The monoisotopic (exact) mass is 332 g/mol. The van der Waals surface area contributed by atoms with E-state index in [2.05, 4.69) is 6.92 Å². The van der Waals surface area contributed by atoms with Gasteiger partial charge in [-0.2, -0.15) is 0 Å². The first kappa shape index (κ1) is 20.4. The number of hydrogen-bond acceptors (Lipinski definition) is 3. The lowest BCUT2D eigenvalue weighted by atomic mass is 9.73. The van der Waals surface area contributed by atoms with Crippen LogP contribution in [0.1, 0.15) is 77.2 Å². The summed E-state index contributed by atoms with van der Waals surface area (Å²) in [6.07, 6.45) is 8.95. The van der Waals surface area contributed by atoms with Crippen LogP contribution in [-0.4, -0.2) is 18.9 Å². The van der Waals surface area contributed by atoms with E-state index in [-0.39, 0.29) is 5.78 Å². The first-order valence-electron chi connectivity index (χ1n) is 9.30. The fourth-order valence-electron chi connectivity index (χ4n) is 3.29. The second-order valence-corrected chi connectivity index (χ2v) is 6.41. The summed E-state index contributed by atoms with van der Waals surface area (Å²) in [5.74, 6) is -0.458. The highest BCUT2D eigenvalue weighted by molar-refractivity contribution is 6.09. The molecule has 0 aliphatic rings. The van der Waals surface area contributed by atoms with E-state index < -0.39 is 11.4 Å². The Kier molecular flexibility index (Phi) is 9.36. The van der Waals surface area contributed by atoms with Crippen LogP contribution in [0, 0.1) is 0 Å². The number of hydrogen-bond donors (Lipinski definition) is 0. The molecule has 0 amide bonds. The number of Topliss-reactive ketones (excluding diaryl/α,β-unsaturated/α-hetero) is 1. The van der Waals surface area contributed by atoms with Gasteiger partial charge in [0.2, 0.25) is 0 Å². The maximum Gasteiger partial charge on any atom is 0.323 e. The molecule has 3 nitrogen and oxygen atoms in total. The van der Waals surface area contributed by atoms with Crippen LogP contribution < -0.4 is 0 Å². The summed E-state index contributed by atoms with van der Waals surface area (Å²) in [6.45, 7) is 4.09. The van der Waals surface area contributed by atoms with Gasteiger partial charge < -0.3 is 4.74 Å². The molecule has 0 radical (unpaired) electrons. The van der Waals surface area contributed by atoms with E-state index in [1.165, 1.54) is 32.8 Å². The number of esters is 1. The third kappa shape index (κ3) is 5.19. The molecule has 1 aromatic carbocycles. The number of methoxy groups -OCH3 is 1. The molecule has 1 unspecified atom stereocenters. The van der Waals surface area contributed by atoms with Gasteiger partial charge in [0.1, 0.15) is 0 Å². The standard InChI is InChI=1S/C21H32O3/c1-4-6-7-8-9-10-14-17-19(22)21(5-2,20(23)24-3)18-15-12-11-13-16-18/h11-13,15-16H,4-10,14,17H2,1-3H3. The molecule has 0 N–H and O–H groups in total. The van der Waals surface area contributed by atoms with Crippen molar-refractivity contribution in [3.63, 3.8) is 0 Å². The summed E-state index contributed by atoms with van der Waals surface area (Å²) in [5.41, 5.74) is -0.412.